The van der Waals surface area contributed by atoms with Crippen LogP contribution < -0.4 is 0 Å². The Morgan fingerprint density at radius 2 is 1.88 bits per heavy atom. The van der Waals surface area contributed by atoms with E-state index in [0.29, 0.717) is 5.92 Å². The molecule has 0 amide bonds. The Hall–Kier alpha value is -0.530. The molecule has 0 radical (unpaired) electrons. The van der Waals surface area contributed by atoms with Gasteiger partial charge in [-0.3, -0.25) is 4.79 Å². The van der Waals surface area contributed by atoms with Crippen molar-refractivity contribution >= 4 is 5.97 Å². The first-order chi connectivity index (χ1) is 8.06. The van der Waals surface area contributed by atoms with Crippen LogP contribution >= 0.6 is 0 Å². The van der Waals surface area contributed by atoms with Crippen LogP contribution in [-0.2, 0) is 4.79 Å². The molecule has 1 N–H and O–H groups in total. The lowest BCUT2D eigenvalue weighted by atomic mass is 9.62. The predicted octanol–water partition coefficient (Wildman–Crippen LogP) is 4.48. The van der Waals surface area contributed by atoms with Gasteiger partial charge in [0.25, 0.3) is 0 Å². The molecule has 1 aliphatic rings. The van der Waals surface area contributed by atoms with E-state index in [1.807, 2.05) is 0 Å². The molecule has 0 aliphatic heterocycles. The molecule has 2 nitrogen and oxygen atoms in total. The maximum absolute atomic E-state index is 11.7. The van der Waals surface area contributed by atoms with E-state index >= 15 is 0 Å². The zero-order valence-electron chi connectivity index (χ0n) is 11.7. The van der Waals surface area contributed by atoms with Gasteiger partial charge in [0.2, 0.25) is 0 Å². The molecule has 2 heteroatoms. The van der Waals surface area contributed by atoms with E-state index in [-0.39, 0.29) is 0 Å². The molecule has 1 fully saturated rings. The minimum absolute atomic E-state index is 0.326. The summed E-state index contributed by atoms with van der Waals surface area (Å²) in [5.74, 6) is 0.558. The number of carboxylic acids is 1. The van der Waals surface area contributed by atoms with Crippen LogP contribution in [0.3, 0.4) is 0 Å². The van der Waals surface area contributed by atoms with E-state index in [2.05, 4.69) is 20.8 Å². The van der Waals surface area contributed by atoms with Gasteiger partial charge in [-0.1, -0.05) is 40.0 Å². The molecule has 0 aromatic heterocycles. The normalized spacial score (nSPS) is 31.1. The highest BCUT2D eigenvalue weighted by atomic mass is 16.4. The van der Waals surface area contributed by atoms with E-state index in [1.165, 1.54) is 12.8 Å². The van der Waals surface area contributed by atoms with Crippen molar-refractivity contribution in [2.75, 3.05) is 0 Å². The number of hydrogen-bond donors (Lipinski definition) is 1. The average Bonchev–Trinajstić information content (AvgIpc) is 2.30. The van der Waals surface area contributed by atoms with Crippen molar-refractivity contribution in [1.29, 1.82) is 0 Å². The van der Waals surface area contributed by atoms with Crippen LogP contribution in [0.5, 0.6) is 0 Å². The zero-order valence-corrected chi connectivity index (χ0v) is 11.7. The minimum Gasteiger partial charge on any atom is -0.481 e. The van der Waals surface area contributed by atoms with Gasteiger partial charge in [-0.05, 0) is 43.9 Å². The van der Waals surface area contributed by atoms with Gasteiger partial charge in [0.15, 0.2) is 0 Å². The molecule has 100 valence electrons. The van der Waals surface area contributed by atoms with Gasteiger partial charge in [0.05, 0.1) is 5.41 Å². The Labute approximate surface area is 106 Å². The molecule has 1 saturated carbocycles. The molecule has 1 atom stereocenters. The Kier molecular flexibility index (Phi) is 5.48. The molecule has 0 aromatic carbocycles. The highest BCUT2D eigenvalue weighted by molar-refractivity contribution is 5.75. The van der Waals surface area contributed by atoms with Gasteiger partial charge in [0.1, 0.15) is 0 Å². The number of carbonyl (C=O) groups is 1. The van der Waals surface area contributed by atoms with Crippen molar-refractivity contribution in [3.63, 3.8) is 0 Å². The Morgan fingerprint density at radius 1 is 1.29 bits per heavy atom. The Balaban J connectivity index is 2.66. The van der Waals surface area contributed by atoms with Gasteiger partial charge in [0, 0.05) is 0 Å². The molecule has 17 heavy (non-hydrogen) atoms. The maximum Gasteiger partial charge on any atom is 0.309 e. The summed E-state index contributed by atoms with van der Waals surface area (Å²) in [6.07, 6.45) is 8.68. The van der Waals surface area contributed by atoms with E-state index in [4.69, 9.17) is 0 Å². The van der Waals surface area contributed by atoms with Gasteiger partial charge in [-0.25, -0.2) is 0 Å². The largest absolute Gasteiger partial charge is 0.481 e. The summed E-state index contributed by atoms with van der Waals surface area (Å²) in [6, 6.07) is 0. The summed E-state index contributed by atoms with van der Waals surface area (Å²) >= 11 is 0. The summed E-state index contributed by atoms with van der Waals surface area (Å²) in [5, 5.41) is 9.60. The van der Waals surface area contributed by atoms with Crippen molar-refractivity contribution in [2.45, 2.75) is 72.1 Å². The van der Waals surface area contributed by atoms with Crippen molar-refractivity contribution in [3.8, 4) is 0 Å². The second kappa shape index (κ2) is 6.42. The van der Waals surface area contributed by atoms with Crippen LogP contribution in [-0.4, -0.2) is 11.1 Å². The van der Waals surface area contributed by atoms with Gasteiger partial charge in [-0.2, -0.15) is 0 Å². The third-order valence-corrected chi connectivity index (χ3v) is 4.79. The van der Waals surface area contributed by atoms with Crippen molar-refractivity contribution in [1.82, 2.24) is 0 Å². The molecular formula is C15H28O2. The smallest absolute Gasteiger partial charge is 0.309 e. The van der Waals surface area contributed by atoms with E-state index in [9.17, 15) is 9.90 Å². The molecule has 0 aromatic rings. The lowest BCUT2D eigenvalue weighted by molar-refractivity contribution is -0.156. The number of aliphatic carboxylic acids is 1. The second-order valence-corrected chi connectivity index (χ2v) is 5.88. The van der Waals surface area contributed by atoms with Gasteiger partial charge in [-0.15, -0.1) is 0 Å². The number of rotatable bonds is 6. The quantitative estimate of drug-likeness (QED) is 0.743. The number of hydrogen-bond acceptors (Lipinski definition) is 1. The van der Waals surface area contributed by atoms with Crippen LogP contribution in [0, 0.1) is 17.3 Å². The first kappa shape index (κ1) is 14.5. The third-order valence-electron chi connectivity index (χ3n) is 4.79. The molecule has 0 heterocycles. The Bertz CT molecular complexity index is 239. The Morgan fingerprint density at radius 3 is 2.29 bits per heavy atom. The standard InChI is InChI=1S/C15H28O2/c1-4-6-12(3)15(14(16)17)10-8-13(7-5-2)9-11-15/h12-13H,4-11H2,1-3H3,(H,16,17). The van der Waals surface area contributed by atoms with Crippen LogP contribution in [0.25, 0.3) is 0 Å². The molecule has 1 aliphatic carbocycles. The highest BCUT2D eigenvalue weighted by Crippen LogP contribution is 2.47. The fourth-order valence-corrected chi connectivity index (χ4v) is 3.52. The van der Waals surface area contributed by atoms with Crippen molar-refractivity contribution < 1.29 is 9.90 Å². The van der Waals surface area contributed by atoms with Gasteiger partial charge < -0.3 is 5.11 Å². The predicted molar refractivity (Wildman–Crippen MR) is 71.0 cm³/mol. The monoisotopic (exact) mass is 240 g/mol. The number of carboxylic acid groups (broad SMARTS) is 1. The second-order valence-electron chi connectivity index (χ2n) is 5.88. The molecule has 0 bridgehead atoms. The van der Waals surface area contributed by atoms with E-state index < -0.39 is 11.4 Å². The summed E-state index contributed by atoms with van der Waals surface area (Å²) in [6.45, 7) is 6.51. The molecule has 0 spiro atoms. The molecular weight excluding hydrogens is 212 g/mol. The van der Waals surface area contributed by atoms with E-state index in [0.717, 1.165) is 44.4 Å². The highest BCUT2D eigenvalue weighted by Gasteiger charge is 2.45. The summed E-state index contributed by atoms with van der Waals surface area (Å²) in [4.78, 5) is 11.7. The first-order valence-electron chi connectivity index (χ1n) is 7.30. The minimum atomic E-state index is -0.548. The fraction of sp³-hybridized carbons (Fsp3) is 0.933. The first-order valence-corrected chi connectivity index (χ1v) is 7.30. The fourth-order valence-electron chi connectivity index (χ4n) is 3.52. The van der Waals surface area contributed by atoms with Crippen LogP contribution in [0.2, 0.25) is 0 Å². The molecule has 0 saturated heterocycles. The maximum atomic E-state index is 11.7. The summed E-state index contributed by atoms with van der Waals surface area (Å²) in [5.41, 5.74) is -0.416. The van der Waals surface area contributed by atoms with Crippen LogP contribution in [0.1, 0.15) is 72.1 Å². The van der Waals surface area contributed by atoms with Crippen molar-refractivity contribution in [3.05, 3.63) is 0 Å². The lowest BCUT2D eigenvalue weighted by Gasteiger charge is -2.41. The molecule has 1 rings (SSSR count). The summed E-state index contributed by atoms with van der Waals surface area (Å²) < 4.78 is 0. The van der Waals surface area contributed by atoms with Crippen molar-refractivity contribution in [2.24, 2.45) is 17.3 Å². The van der Waals surface area contributed by atoms with Crippen LogP contribution in [0.4, 0.5) is 0 Å². The zero-order chi connectivity index (χ0) is 12.9. The topological polar surface area (TPSA) is 37.3 Å². The third kappa shape index (κ3) is 3.23. The van der Waals surface area contributed by atoms with Gasteiger partial charge >= 0.3 is 5.97 Å². The SMILES string of the molecule is CCCC1CCC(C(=O)O)(C(C)CCC)CC1. The van der Waals surface area contributed by atoms with E-state index in [1.54, 1.807) is 0 Å². The van der Waals surface area contributed by atoms with Crippen LogP contribution in [0.15, 0.2) is 0 Å². The average molecular weight is 240 g/mol. The lowest BCUT2D eigenvalue weighted by Crippen LogP contribution is -2.41. The summed E-state index contributed by atoms with van der Waals surface area (Å²) in [7, 11) is 0. The molecule has 1 unspecified atom stereocenters.